The van der Waals surface area contributed by atoms with E-state index in [1.54, 1.807) is 26.4 Å². The first-order valence-electron chi connectivity index (χ1n) is 6.99. The zero-order valence-corrected chi connectivity index (χ0v) is 13.4. The van der Waals surface area contributed by atoms with Crippen molar-refractivity contribution in [3.05, 3.63) is 22.7 Å². The molecule has 1 atom stereocenters. The molecule has 0 saturated carbocycles. The van der Waals surface area contributed by atoms with Crippen LogP contribution in [0, 0.1) is 0 Å². The maximum Gasteiger partial charge on any atom is 0.181 e. The highest BCUT2D eigenvalue weighted by atomic mass is 35.5. The highest BCUT2D eigenvalue weighted by Gasteiger charge is 2.26. The van der Waals surface area contributed by atoms with Crippen molar-refractivity contribution in [2.45, 2.75) is 13.0 Å². The summed E-state index contributed by atoms with van der Waals surface area (Å²) in [7, 11) is 3.08. The highest BCUT2D eigenvalue weighted by Crippen LogP contribution is 2.33. The molecule has 0 radical (unpaired) electrons. The van der Waals surface area contributed by atoms with Gasteiger partial charge in [-0.05, 0) is 13.0 Å². The van der Waals surface area contributed by atoms with Crippen molar-refractivity contribution in [3.8, 4) is 11.5 Å². The first-order valence-corrected chi connectivity index (χ1v) is 7.36. The monoisotopic (exact) mass is 312 g/mol. The van der Waals surface area contributed by atoms with Crippen LogP contribution in [0.3, 0.4) is 0 Å². The number of halogens is 1. The molecule has 1 saturated heterocycles. The Morgan fingerprint density at radius 3 is 2.38 bits per heavy atom. The SMILES string of the molecule is COc1cc(Cl)c(C(=O)C(C)N2CCNCC2)cc1OC. The largest absolute Gasteiger partial charge is 0.493 e. The number of nitrogens with one attached hydrogen (secondary N) is 1. The van der Waals surface area contributed by atoms with Crippen molar-refractivity contribution < 1.29 is 14.3 Å². The van der Waals surface area contributed by atoms with Gasteiger partial charge in [-0.2, -0.15) is 0 Å². The summed E-state index contributed by atoms with van der Waals surface area (Å²) in [4.78, 5) is 14.8. The Hall–Kier alpha value is -1.30. The number of rotatable bonds is 5. The van der Waals surface area contributed by atoms with Gasteiger partial charge in [-0.25, -0.2) is 0 Å². The molecule has 0 bridgehead atoms. The number of ether oxygens (including phenoxy) is 2. The van der Waals surface area contributed by atoms with Crippen molar-refractivity contribution >= 4 is 17.4 Å². The van der Waals surface area contributed by atoms with Gasteiger partial charge in [0.15, 0.2) is 17.3 Å². The lowest BCUT2D eigenvalue weighted by Gasteiger charge is -2.32. The molecule has 0 spiro atoms. The lowest BCUT2D eigenvalue weighted by Crippen LogP contribution is -2.50. The van der Waals surface area contributed by atoms with Crippen molar-refractivity contribution in [1.82, 2.24) is 10.2 Å². The molecule has 1 aliphatic rings. The summed E-state index contributed by atoms with van der Waals surface area (Å²) in [5.41, 5.74) is 0.473. The highest BCUT2D eigenvalue weighted by molar-refractivity contribution is 6.34. The molecule has 1 heterocycles. The van der Waals surface area contributed by atoms with Crippen molar-refractivity contribution in [3.63, 3.8) is 0 Å². The maximum atomic E-state index is 12.7. The molecule has 0 amide bonds. The Balaban J connectivity index is 2.25. The lowest BCUT2D eigenvalue weighted by atomic mass is 10.0. The Labute approximate surface area is 130 Å². The number of Topliss-reactive ketones (excluding diaryl/α,β-unsaturated/α-hetero) is 1. The van der Waals surface area contributed by atoms with Gasteiger partial charge in [-0.3, -0.25) is 9.69 Å². The summed E-state index contributed by atoms with van der Waals surface area (Å²) < 4.78 is 10.4. The van der Waals surface area contributed by atoms with E-state index in [2.05, 4.69) is 10.2 Å². The molecule has 116 valence electrons. The van der Waals surface area contributed by atoms with Gasteiger partial charge in [-0.15, -0.1) is 0 Å². The third kappa shape index (κ3) is 3.48. The average Bonchev–Trinajstić information content (AvgIpc) is 2.54. The van der Waals surface area contributed by atoms with Crippen LogP contribution in [0.2, 0.25) is 5.02 Å². The Morgan fingerprint density at radius 1 is 1.24 bits per heavy atom. The molecule has 0 aromatic heterocycles. The number of nitrogens with zero attached hydrogens (tertiary/aromatic N) is 1. The van der Waals surface area contributed by atoms with E-state index in [1.165, 1.54) is 0 Å². The van der Waals surface area contributed by atoms with Crippen LogP contribution in [-0.4, -0.2) is 57.1 Å². The van der Waals surface area contributed by atoms with Gasteiger partial charge in [-0.1, -0.05) is 11.6 Å². The van der Waals surface area contributed by atoms with Gasteiger partial charge in [0, 0.05) is 37.8 Å². The minimum Gasteiger partial charge on any atom is -0.493 e. The number of carbonyl (C=O) groups is 1. The number of methoxy groups -OCH3 is 2. The maximum absolute atomic E-state index is 12.7. The molecule has 21 heavy (non-hydrogen) atoms. The van der Waals surface area contributed by atoms with E-state index >= 15 is 0 Å². The lowest BCUT2D eigenvalue weighted by molar-refractivity contribution is 0.0820. The second kappa shape index (κ2) is 7.11. The van der Waals surface area contributed by atoms with Crippen LogP contribution in [-0.2, 0) is 0 Å². The van der Waals surface area contributed by atoms with Crippen LogP contribution in [0.25, 0.3) is 0 Å². The van der Waals surface area contributed by atoms with Gasteiger partial charge in [0.05, 0.1) is 25.3 Å². The number of piperazine rings is 1. The van der Waals surface area contributed by atoms with Crippen molar-refractivity contribution in [1.29, 1.82) is 0 Å². The summed E-state index contributed by atoms with van der Waals surface area (Å²) in [5.74, 6) is 1.04. The van der Waals surface area contributed by atoms with E-state index in [0.717, 1.165) is 26.2 Å². The first kappa shape index (κ1) is 16.1. The predicted molar refractivity (Wildman–Crippen MR) is 82.8 cm³/mol. The zero-order chi connectivity index (χ0) is 15.4. The van der Waals surface area contributed by atoms with Gasteiger partial charge in [0.1, 0.15) is 0 Å². The Kier molecular flexibility index (Phi) is 5.45. The molecule has 1 N–H and O–H groups in total. The van der Waals surface area contributed by atoms with Crippen LogP contribution < -0.4 is 14.8 Å². The Morgan fingerprint density at radius 2 is 1.81 bits per heavy atom. The van der Waals surface area contributed by atoms with Crippen LogP contribution in [0.5, 0.6) is 11.5 Å². The average molecular weight is 313 g/mol. The second-order valence-electron chi connectivity index (χ2n) is 5.01. The first-order chi connectivity index (χ1) is 10.1. The second-order valence-corrected chi connectivity index (χ2v) is 5.42. The quantitative estimate of drug-likeness (QED) is 0.841. The third-order valence-corrected chi connectivity index (χ3v) is 4.13. The standard InChI is InChI=1S/C15H21ClN2O3/c1-10(18-6-4-17-5-7-18)15(19)11-8-13(20-2)14(21-3)9-12(11)16/h8-10,17H,4-7H2,1-3H3. The minimum absolute atomic E-state index is 0.00264. The summed E-state index contributed by atoms with van der Waals surface area (Å²) >= 11 is 6.23. The van der Waals surface area contributed by atoms with Crippen LogP contribution >= 0.6 is 11.6 Å². The number of benzene rings is 1. The van der Waals surface area contributed by atoms with E-state index in [1.807, 2.05) is 6.92 Å². The smallest absolute Gasteiger partial charge is 0.181 e. The molecular formula is C15H21ClN2O3. The molecule has 1 aliphatic heterocycles. The zero-order valence-electron chi connectivity index (χ0n) is 12.6. The van der Waals surface area contributed by atoms with E-state index in [-0.39, 0.29) is 11.8 Å². The molecule has 1 fully saturated rings. The fraction of sp³-hybridized carbons (Fsp3) is 0.533. The molecule has 6 heteroatoms. The summed E-state index contributed by atoms with van der Waals surface area (Å²) in [5, 5.41) is 3.67. The van der Waals surface area contributed by atoms with E-state index < -0.39 is 0 Å². The molecular weight excluding hydrogens is 292 g/mol. The van der Waals surface area contributed by atoms with Gasteiger partial charge in [0.25, 0.3) is 0 Å². The van der Waals surface area contributed by atoms with Gasteiger partial charge >= 0.3 is 0 Å². The van der Waals surface area contributed by atoms with Crippen LogP contribution in [0.4, 0.5) is 0 Å². The molecule has 1 aromatic carbocycles. The number of hydrogen-bond acceptors (Lipinski definition) is 5. The molecule has 5 nitrogen and oxygen atoms in total. The Bertz CT molecular complexity index is 516. The minimum atomic E-state index is -0.206. The topological polar surface area (TPSA) is 50.8 Å². The fourth-order valence-corrected chi connectivity index (χ4v) is 2.75. The van der Waals surface area contributed by atoms with Gasteiger partial charge < -0.3 is 14.8 Å². The molecule has 2 rings (SSSR count). The van der Waals surface area contributed by atoms with Crippen LogP contribution in [0.1, 0.15) is 17.3 Å². The van der Waals surface area contributed by atoms with Crippen molar-refractivity contribution in [2.75, 3.05) is 40.4 Å². The summed E-state index contributed by atoms with van der Waals surface area (Å²) in [6.07, 6.45) is 0. The third-order valence-electron chi connectivity index (χ3n) is 3.82. The molecule has 1 aromatic rings. The van der Waals surface area contributed by atoms with Crippen molar-refractivity contribution in [2.24, 2.45) is 0 Å². The normalized spacial score (nSPS) is 17.3. The number of carbonyl (C=O) groups excluding carboxylic acids is 1. The van der Waals surface area contributed by atoms with Crippen LogP contribution in [0.15, 0.2) is 12.1 Å². The van der Waals surface area contributed by atoms with E-state index in [9.17, 15) is 4.79 Å². The fourth-order valence-electron chi connectivity index (χ4n) is 2.50. The number of ketones is 1. The van der Waals surface area contributed by atoms with Gasteiger partial charge in [0.2, 0.25) is 0 Å². The molecule has 0 aliphatic carbocycles. The van der Waals surface area contributed by atoms with E-state index in [0.29, 0.717) is 22.1 Å². The number of hydrogen-bond donors (Lipinski definition) is 1. The summed E-state index contributed by atoms with van der Waals surface area (Å²) in [6.45, 7) is 5.44. The summed E-state index contributed by atoms with van der Waals surface area (Å²) in [6, 6.07) is 3.07. The van der Waals surface area contributed by atoms with E-state index in [4.69, 9.17) is 21.1 Å². The predicted octanol–water partition coefficient (Wildman–Crippen LogP) is 1.83. The molecule has 1 unspecified atom stereocenters.